The van der Waals surface area contributed by atoms with Crippen molar-refractivity contribution in [1.82, 2.24) is 24.4 Å². The molecule has 10 heteroatoms. The quantitative estimate of drug-likeness (QED) is 0.201. The van der Waals surface area contributed by atoms with Gasteiger partial charge in [0.15, 0.2) is 0 Å². The molecule has 190 valence electrons. The lowest BCUT2D eigenvalue weighted by Gasteiger charge is -2.16. The minimum Gasteiger partial charge on any atom is -0.480 e. The Hall–Kier alpha value is -3.05. The topological polar surface area (TPSA) is 93.2 Å². The fraction of sp³-hybridized carbons (Fsp3) is 0.296. The van der Waals surface area contributed by atoms with Gasteiger partial charge in [-0.2, -0.15) is 4.98 Å². The van der Waals surface area contributed by atoms with Gasteiger partial charge >= 0.3 is 6.01 Å². The third kappa shape index (κ3) is 5.77. The molecule has 0 saturated heterocycles. The van der Waals surface area contributed by atoms with E-state index in [9.17, 15) is 0 Å². The minimum absolute atomic E-state index is 0.267. The fourth-order valence-electron chi connectivity index (χ4n) is 3.83. The molecule has 0 aliphatic heterocycles. The predicted molar refractivity (Wildman–Crippen MR) is 150 cm³/mol. The Morgan fingerprint density at radius 2 is 1.68 bits per heavy atom. The van der Waals surface area contributed by atoms with E-state index >= 15 is 0 Å². The number of hydrogen-bond donors (Lipinski definition) is 3. The van der Waals surface area contributed by atoms with Gasteiger partial charge in [-0.15, -0.1) is 0 Å². The van der Waals surface area contributed by atoms with E-state index in [0.29, 0.717) is 18.0 Å². The molecular formula is C27H28N6O2S2. The number of anilines is 2. The molecule has 2 saturated carbocycles. The van der Waals surface area contributed by atoms with Gasteiger partial charge in [0, 0.05) is 40.4 Å². The zero-order valence-corrected chi connectivity index (χ0v) is 22.3. The molecule has 2 aliphatic carbocycles. The van der Waals surface area contributed by atoms with Crippen molar-refractivity contribution in [3.8, 4) is 23.0 Å². The summed E-state index contributed by atoms with van der Waals surface area (Å²) in [6.45, 7) is 0. The first kappa shape index (κ1) is 24.3. The van der Waals surface area contributed by atoms with E-state index < -0.39 is 0 Å². The zero-order chi connectivity index (χ0) is 25.2. The van der Waals surface area contributed by atoms with E-state index in [1.807, 2.05) is 12.3 Å². The van der Waals surface area contributed by atoms with Crippen LogP contribution in [0.2, 0.25) is 0 Å². The van der Waals surface area contributed by atoms with Crippen LogP contribution in [0.3, 0.4) is 0 Å². The van der Waals surface area contributed by atoms with Crippen LogP contribution in [0.1, 0.15) is 25.7 Å². The SMILES string of the molecule is COc1ncc(-c2ccc3c(Nc4cccc(SNC5CC5)c4)c(SNC4CC4)cnc3c2)c(OC)n1. The molecule has 0 bridgehead atoms. The molecule has 0 amide bonds. The van der Waals surface area contributed by atoms with E-state index in [1.54, 1.807) is 37.2 Å². The Morgan fingerprint density at radius 1 is 0.865 bits per heavy atom. The maximum Gasteiger partial charge on any atom is 0.319 e. The summed E-state index contributed by atoms with van der Waals surface area (Å²) in [5.74, 6) is 0.458. The fourth-order valence-corrected chi connectivity index (χ4v) is 5.60. The summed E-state index contributed by atoms with van der Waals surface area (Å²) in [5, 5.41) is 4.73. The lowest BCUT2D eigenvalue weighted by atomic mass is 10.0. The number of benzene rings is 2. The van der Waals surface area contributed by atoms with Crippen molar-refractivity contribution in [1.29, 1.82) is 0 Å². The summed E-state index contributed by atoms with van der Waals surface area (Å²) in [7, 11) is 3.13. The molecule has 2 heterocycles. The van der Waals surface area contributed by atoms with Gasteiger partial charge < -0.3 is 14.8 Å². The Labute approximate surface area is 224 Å². The van der Waals surface area contributed by atoms with Crippen LogP contribution in [0.5, 0.6) is 11.9 Å². The van der Waals surface area contributed by atoms with Gasteiger partial charge in [-0.05, 0) is 79.4 Å². The first-order valence-corrected chi connectivity index (χ1v) is 13.9. The number of methoxy groups -OCH3 is 2. The van der Waals surface area contributed by atoms with Gasteiger partial charge in [-0.3, -0.25) is 14.4 Å². The summed E-state index contributed by atoms with van der Waals surface area (Å²) in [5.41, 5.74) is 4.65. The summed E-state index contributed by atoms with van der Waals surface area (Å²) in [4.78, 5) is 15.7. The number of nitrogens with zero attached hydrogens (tertiary/aromatic N) is 3. The van der Waals surface area contributed by atoms with Gasteiger partial charge in [0.25, 0.3) is 0 Å². The van der Waals surface area contributed by atoms with Gasteiger partial charge in [-0.1, -0.05) is 18.2 Å². The first-order valence-electron chi connectivity index (χ1n) is 12.3. The van der Waals surface area contributed by atoms with Crippen LogP contribution < -0.4 is 24.2 Å². The molecular weight excluding hydrogens is 504 g/mol. The van der Waals surface area contributed by atoms with Crippen molar-refractivity contribution in [2.24, 2.45) is 0 Å². The number of rotatable bonds is 11. The highest BCUT2D eigenvalue weighted by molar-refractivity contribution is 7.97. The smallest absolute Gasteiger partial charge is 0.319 e. The number of aromatic nitrogens is 3. The van der Waals surface area contributed by atoms with Crippen molar-refractivity contribution in [2.45, 2.75) is 47.6 Å². The van der Waals surface area contributed by atoms with Crippen molar-refractivity contribution in [3.63, 3.8) is 0 Å². The molecule has 0 atom stereocenters. The van der Waals surface area contributed by atoms with E-state index in [4.69, 9.17) is 14.5 Å². The lowest BCUT2D eigenvalue weighted by Crippen LogP contribution is -2.07. The molecule has 2 aliphatic rings. The number of ether oxygens (including phenoxy) is 2. The summed E-state index contributed by atoms with van der Waals surface area (Å²) >= 11 is 3.34. The second-order valence-corrected chi connectivity index (χ2v) is 10.9. The van der Waals surface area contributed by atoms with Crippen LogP contribution in [0.4, 0.5) is 11.4 Å². The predicted octanol–water partition coefficient (Wildman–Crippen LogP) is 5.97. The number of nitrogens with one attached hydrogen (secondary N) is 3. The second kappa shape index (κ2) is 10.7. The van der Waals surface area contributed by atoms with E-state index in [2.05, 4.69) is 61.1 Å². The Bertz CT molecular complexity index is 1430. The van der Waals surface area contributed by atoms with Crippen LogP contribution in [-0.4, -0.2) is 41.3 Å². The molecule has 3 N–H and O–H groups in total. The standard InChI is InChI=1S/C27H28N6O2S2/c1-34-26-22(14-29-27(31-26)35-2)16-6-11-21-23(12-16)28-15-24(37-33-18-9-10-18)25(21)30-19-4-3-5-20(13-19)36-32-17-7-8-17/h3-6,11-15,17-18,32-33H,7-10H2,1-2H3,(H,28,30). The Kier molecular flexibility index (Phi) is 7.06. The molecule has 0 radical (unpaired) electrons. The second-order valence-electron chi connectivity index (χ2n) is 9.15. The van der Waals surface area contributed by atoms with Crippen molar-refractivity contribution in [3.05, 3.63) is 54.9 Å². The zero-order valence-electron chi connectivity index (χ0n) is 20.7. The highest BCUT2D eigenvalue weighted by Crippen LogP contribution is 2.39. The Balaban J connectivity index is 1.35. The maximum atomic E-state index is 5.50. The highest BCUT2D eigenvalue weighted by Gasteiger charge is 2.23. The number of pyridine rings is 1. The van der Waals surface area contributed by atoms with Gasteiger partial charge in [0.05, 0.1) is 35.9 Å². The third-order valence-electron chi connectivity index (χ3n) is 6.19. The lowest BCUT2D eigenvalue weighted by molar-refractivity contribution is 0.353. The van der Waals surface area contributed by atoms with Crippen LogP contribution in [0.25, 0.3) is 22.0 Å². The van der Waals surface area contributed by atoms with Crippen LogP contribution in [-0.2, 0) is 0 Å². The van der Waals surface area contributed by atoms with Crippen LogP contribution >= 0.6 is 23.9 Å². The first-order chi connectivity index (χ1) is 18.2. The number of fused-ring (bicyclic) bond motifs is 1. The van der Waals surface area contributed by atoms with Crippen molar-refractivity contribution >= 4 is 46.2 Å². The molecule has 0 spiro atoms. The van der Waals surface area contributed by atoms with Gasteiger partial charge in [-0.25, -0.2) is 4.98 Å². The highest BCUT2D eigenvalue weighted by atomic mass is 32.2. The van der Waals surface area contributed by atoms with Gasteiger partial charge in [0.1, 0.15) is 0 Å². The minimum atomic E-state index is 0.267. The molecule has 37 heavy (non-hydrogen) atoms. The van der Waals surface area contributed by atoms with E-state index in [-0.39, 0.29) is 6.01 Å². The summed E-state index contributed by atoms with van der Waals surface area (Å²) in [6, 6.07) is 16.2. The van der Waals surface area contributed by atoms with E-state index in [0.717, 1.165) is 38.3 Å². The third-order valence-corrected chi connectivity index (χ3v) is 8.11. The maximum absolute atomic E-state index is 5.50. The largest absolute Gasteiger partial charge is 0.480 e. The molecule has 8 nitrogen and oxygen atoms in total. The summed E-state index contributed by atoms with van der Waals surface area (Å²) < 4.78 is 17.7. The normalized spacial score (nSPS) is 15.1. The van der Waals surface area contributed by atoms with Crippen molar-refractivity contribution < 1.29 is 9.47 Å². The van der Waals surface area contributed by atoms with E-state index in [1.165, 1.54) is 37.7 Å². The van der Waals surface area contributed by atoms with Crippen molar-refractivity contribution in [2.75, 3.05) is 19.5 Å². The Morgan fingerprint density at radius 3 is 2.43 bits per heavy atom. The monoisotopic (exact) mass is 532 g/mol. The molecule has 4 aromatic rings. The molecule has 2 fully saturated rings. The van der Waals surface area contributed by atoms with Crippen LogP contribution in [0.15, 0.2) is 64.6 Å². The molecule has 6 rings (SSSR count). The van der Waals surface area contributed by atoms with Crippen LogP contribution in [0, 0.1) is 0 Å². The summed E-state index contributed by atoms with van der Waals surface area (Å²) in [6.07, 6.45) is 8.62. The number of hydrogen-bond acceptors (Lipinski definition) is 10. The van der Waals surface area contributed by atoms with Gasteiger partial charge in [0.2, 0.25) is 5.88 Å². The molecule has 0 unspecified atom stereocenters. The molecule has 2 aromatic heterocycles. The average Bonchev–Trinajstić information content (AvgIpc) is 3.87. The average molecular weight is 533 g/mol. The molecule has 2 aromatic carbocycles.